The molecule has 0 unspecified atom stereocenters. The fraction of sp³-hybridized carbons (Fsp3) is 0.293. The second kappa shape index (κ2) is 14.7. The van der Waals surface area contributed by atoms with Crippen LogP contribution in [0.2, 0.25) is 0 Å². The lowest BCUT2D eigenvalue weighted by molar-refractivity contribution is 0.467. The SMILES string of the molecule is Cc1cc(-c2ccc3ncc(N4CCCCC4)nc3c2)cc(C)c1O.c1cc(-c2ccc3ncc(N4CCCCC4)nc3c2)cc(-c2nn[nH]n2)c1. The minimum Gasteiger partial charge on any atom is -0.507 e. The molecule has 4 aromatic carbocycles. The van der Waals surface area contributed by atoms with Gasteiger partial charge in [-0.3, -0.25) is 9.97 Å². The van der Waals surface area contributed by atoms with Gasteiger partial charge in [-0.1, -0.05) is 30.3 Å². The topological polar surface area (TPSA) is 133 Å². The van der Waals surface area contributed by atoms with Gasteiger partial charge in [0.15, 0.2) is 0 Å². The van der Waals surface area contributed by atoms with Crippen LogP contribution in [0, 0.1) is 13.8 Å². The maximum absolute atomic E-state index is 10.0. The smallest absolute Gasteiger partial charge is 0.204 e. The Hall–Kier alpha value is -5.97. The molecular formula is C41H42N10O. The van der Waals surface area contributed by atoms with Crippen LogP contribution in [-0.4, -0.2) is 71.8 Å². The van der Waals surface area contributed by atoms with Crippen molar-refractivity contribution < 1.29 is 5.11 Å². The Morgan fingerprint density at radius 2 is 1.08 bits per heavy atom. The number of aromatic nitrogens is 8. The lowest BCUT2D eigenvalue weighted by Crippen LogP contribution is -2.30. The Kier molecular flexibility index (Phi) is 9.39. The van der Waals surface area contributed by atoms with Gasteiger partial charge >= 0.3 is 0 Å². The van der Waals surface area contributed by atoms with E-state index in [1.54, 1.807) is 0 Å². The van der Waals surface area contributed by atoms with Crippen LogP contribution < -0.4 is 9.80 Å². The zero-order chi connectivity index (χ0) is 35.4. The molecule has 9 rings (SSSR count). The number of nitrogens with one attached hydrogen (secondary N) is 1. The van der Waals surface area contributed by atoms with E-state index in [4.69, 9.17) is 9.97 Å². The highest BCUT2D eigenvalue weighted by molar-refractivity contribution is 5.84. The van der Waals surface area contributed by atoms with E-state index in [0.717, 1.165) is 98.8 Å². The lowest BCUT2D eigenvalue weighted by Gasteiger charge is -2.27. The molecule has 3 aromatic heterocycles. The standard InChI is InChI=1S/C21H23N3O.C20H19N7/c1-14-10-17(11-15(2)21(14)25)16-6-7-18-19(12-16)23-20(13-22-18)24-8-4-3-5-9-24;1-2-9-27(10-3-1)19-13-21-17-8-7-15(12-18(17)22-19)14-5-4-6-16(11-14)20-23-25-26-24-20/h6-7,10-13,25H,3-5,8-9H2,1-2H3;4-8,11-13H,1-3,9-10H2,(H,23,24,25,26). The summed E-state index contributed by atoms with van der Waals surface area (Å²) in [7, 11) is 0. The van der Waals surface area contributed by atoms with E-state index in [-0.39, 0.29) is 0 Å². The summed E-state index contributed by atoms with van der Waals surface area (Å²) in [5.41, 5.74) is 10.8. The normalized spacial score (nSPS) is 14.7. The number of rotatable bonds is 5. The summed E-state index contributed by atoms with van der Waals surface area (Å²) >= 11 is 0. The summed E-state index contributed by atoms with van der Waals surface area (Å²) in [4.78, 5) is 23.6. The molecule has 2 N–H and O–H groups in total. The highest BCUT2D eigenvalue weighted by Gasteiger charge is 2.15. The lowest BCUT2D eigenvalue weighted by atomic mass is 9.99. The average molecular weight is 691 g/mol. The van der Waals surface area contributed by atoms with Crippen LogP contribution in [0.3, 0.4) is 0 Å². The number of phenolic OH excluding ortho intramolecular Hbond substituents is 1. The van der Waals surface area contributed by atoms with Crippen LogP contribution in [0.1, 0.15) is 49.7 Å². The first-order valence-corrected chi connectivity index (χ1v) is 18.2. The number of benzene rings is 4. The van der Waals surface area contributed by atoms with Crippen molar-refractivity contribution in [1.29, 1.82) is 0 Å². The van der Waals surface area contributed by atoms with Gasteiger partial charge in [0.2, 0.25) is 5.82 Å². The van der Waals surface area contributed by atoms with Crippen LogP contribution in [-0.2, 0) is 0 Å². The van der Waals surface area contributed by atoms with Gasteiger partial charge in [-0.05, 0) is 133 Å². The summed E-state index contributed by atoms with van der Waals surface area (Å²) in [6, 6.07) is 24.6. The van der Waals surface area contributed by atoms with Gasteiger partial charge in [0, 0.05) is 31.7 Å². The Morgan fingerprint density at radius 1 is 0.558 bits per heavy atom. The Morgan fingerprint density at radius 3 is 1.62 bits per heavy atom. The summed E-state index contributed by atoms with van der Waals surface area (Å²) in [6.07, 6.45) is 11.3. The monoisotopic (exact) mass is 690 g/mol. The van der Waals surface area contributed by atoms with Gasteiger partial charge in [-0.2, -0.15) is 5.21 Å². The van der Waals surface area contributed by atoms with E-state index >= 15 is 0 Å². The molecule has 0 amide bonds. The van der Waals surface area contributed by atoms with Crippen molar-refractivity contribution in [2.45, 2.75) is 52.4 Å². The third kappa shape index (κ3) is 7.12. The van der Waals surface area contributed by atoms with E-state index in [2.05, 4.69) is 76.8 Å². The first kappa shape index (κ1) is 33.2. The predicted molar refractivity (Wildman–Crippen MR) is 206 cm³/mol. The van der Waals surface area contributed by atoms with Crippen LogP contribution in [0.15, 0.2) is 85.2 Å². The van der Waals surface area contributed by atoms with E-state index in [1.807, 2.05) is 62.6 Å². The number of aromatic hydroxyl groups is 1. The zero-order valence-electron chi connectivity index (χ0n) is 29.6. The second-order valence-corrected chi connectivity index (χ2v) is 13.7. The molecule has 2 aliphatic rings. The van der Waals surface area contributed by atoms with Gasteiger partial charge in [0.1, 0.15) is 17.4 Å². The number of tetrazole rings is 1. The maximum Gasteiger partial charge on any atom is 0.204 e. The Balaban J connectivity index is 0.000000149. The van der Waals surface area contributed by atoms with Crippen LogP contribution in [0.25, 0.3) is 55.7 Å². The fourth-order valence-corrected chi connectivity index (χ4v) is 7.16. The van der Waals surface area contributed by atoms with E-state index in [0.29, 0.717) is 11.6 Å². The molecule has 2 fully saturated rings. The van der Waals surface area contributed by atoms with Crippen molar-refractivity contribution in [3.05, 3.63) is 96.3 Å². The summed E-state index contributed by atoms with van der Waals surface area (Å²) < 4.78 is 0. The molecule has 52 heavy (non-hydrogen) atoms. The number of hydrogen-bond acceptors (Lipinski definition) is 10. The zero-order valence-corrected chi connectivity index (χ0v) is 29.6. The fourth-order valence-electron chi connectivity index (χ4n) is 7.16. The molecule has 7 aromatic rings. The number of fused-ring (bicyclic) bond motifs is 2. The molecule has 262 valence electrons. The molecule has 2 saturated heterocycles. The molecule has 0 aliphatic carbocycles. The molecule has 11 nitrogen and oxygen atoms in total. The number of H-pyrrole nitrogens is 1. The highest BCUT2D eigenvalue weighted by atomic mass is 16.3. The van der Waals surface area contributed by atoms with Crippen LogP contribution >= 0.6 is 0 Å². The second-order valence-electron chi connectivity index (χ2n) is 13.7. The minimum atomic E-state index is 0.372. The van der Waals surface area contributed by atoms with Crippen molar-refractivity contribution in [3.8, 4) is 39.4 Å². The van der Waals surface area contributed by atoms with Gasteiger partial charge in [0.25, 0.3) is 0 Å². The van der Waals surface area contributed by atoms with Gasteiger partial charge < -0.3 is 14.9 Å². The highest BCUT2D eigenvalue weighted by Crippen LogP contribution is 2.31. The molecule has 0 atom stereocenters. The van der Waals surface area contributed by atoms with Crippen molar-refractivity contribution in [3.63, 3.8) is 0 Å². The third-order valence-electron chi connectivity index (χ3n) is 10.0. The first-order valence-electron chi connectivity index (χ1n) is 18.2. The maximum atomic E-state index is 10.0. The number of aryl methyl sites for hydroxylation is 2. The largest absolute Gasteiger partial charge is 0.507 e. The molecule has 0 radical (unpaired) electrons. The van der Waals surface area contributed by atoms with Gasteiger partial charge in [-0.15, -0.1) is 10.2 Å². The van der Waals surface area contributed by atoms with Gasteiger partial charge in [-0.25, -0.2) is 9.97 Å². The third-order valence-corrected chi connectivity index (χ3v) is 10.0. The molecule has 0 spiro atoms. The van der Waals surface area contributed by atoms with E-state index < -0.39 is 0 Å². The van der Waals surface area contributed by atoms with E-state index in [1.165, 1.54) is 38.5 Å². The predicted octanol–water partition coefficient (Wildman–Crippen LogP) is 8.08. The van der Waals surface area contributed by atoms with Crippen molar-refractivity contribution >= 4 is 33.7 Å². The molecular weight excluding hydrogens is 649 g/mol. The van der Waals surface area contributed by atoms with Crippen LogP contribution in [0.4, 0.5) is 11.6 Å². The van der Waals surface area contributed by atoms with Crippen LogP contribution in [0.5, 0.6) is 5.75 Å². The summed E-state index contributed by atoms with van der Waals surface area (Å²) in [5, 5.41) is 24.3. The number of phenols is 1. The number of nitrogens with zero attached hydrogens (tertiary/aromatic N) is 9. The average Bonchev–Trinajstić information content (AvgIpc) is 3.76. The van der Waals surface area contributed by atoms with Crippen molar-refractivity contribution in [2.75, 3.05) is 36.0 Å². The Labute approximate surface area is 302 Å². The van der Waals surface area contributed by atoms with Gasteiger partial charge in [0.05, 0.1) is 34.5 Å². The molecule has 0 bridgehead atoms. The summed E-state index contributed by atoms with van der Waals surface area (Å²) in [5.74, 6) is 2.91. The first-order chi connectivity index (χ1) is 25.5. The number of anilines is 2. The van der Waals surface area contributed by atoms with Crippen molar-refractivity contribution in [2.24, 2.45) is 0 Å². The summed E-state index contributed by atoms with van der Waals surface area (Å²) in [6.45, 7) is 8.12. The quantitative estimate of drug-likeness (QED) is 0.183. The minimum absolute atomic E-state index is 0.372. The Bertz CT molecular complexity index is 2310. The number of hydrogen-bond donors (Lipinski definition) is 2. The molecule has 0 saturated carbocycles. The van der Waals surface area contributed by atoms with Crippen molar-refractivity contribution in [1.82, 2.24) is 40.6 Å². The number of aromatic amines is 1. The number of piperidine rings is 2. The molecule has 5 heterocycles. The van der Waals surface area contributed by atoms with E-state index in [9.17, 15) is 5.11 Å². The molecule has 2 aliphatic heterocycles. The molecule has 11 heteroatoms.